The Kier molecular flexibility index (Phi) is 5.50. The van der Waals surface area contributed by atoms with E-state index in [1.54, 1.807) is 10.5 Å². The summed E-state index contributed by atoms with van der Waals surface area (Å²) >= 11 is 0. The van der Waals surface area contributed by atoms with Gasteiger partial charge in [0.05, 0.1) is 11.7 Å². The summed E-state index contributed by atoms with van der Waals surface area (Å²) in [6.45, 7) is 13.8. The Hall–Kier alpha value is -0.880. The van der Waals surface area contributed by atoms with Gasteiger partial charge in [-0.05, 0) is 40.5 Å². The summed E-state index contributed by atoms with van der Waals surface area (Å²) in [5.41, 5.74) is 0.368. The van der Waals surface area contributed by atoms with Crippen LogP contribution >= 0.6 is 0 Å². The minimum absolute atomic E-state index is 0.0855. The summed E-state index contributed by atoms with van der Waals surface area (Å²) in [7, 11) is -3.57. The van der Waals surface area contributed by atoms with Crippen molar-refractivity contribution in [1.82, 2.24) is 14.1 Å². The average Bonchev–Trinajstić information content (AvgIpc) is 3.06. The average molecular weight is 356 g/mol. The Balaban J connectivity index is 2.58. The van der Waals surface area contributed by atoms with E-state index in [1.165, 1.54) is 12.8 Å². The molecular weight excluding hydrogens is 322 g/mol. The zero-order chi connectivity index (χ0) is 18.3. The molecule has 1 fully saturated rings. The van der Waals surface area contributed by atoms with Gasteiger partial charge in [0.15, 0.2) is 0 Å². The third-order valence-electron chi connectivity index (χ3n) is 4.68. The van der Waals surface area contributed by atoms with E-state index in [2.05, 4.69) is 0 Å². The van der Waals surface area contributed by atoms with Crippen LogP contribution in [0.3, 0.4) is 0 Å². The maximum atomic E-state index is 13.4. The molecule has 1 aliphatic rings. The summed E-state index contributed by atoms with van der Waals surface area (Å²) in [4.78, 5) is 0.379. The Morgan fingerprint density at radius 2 is 1.62 bits per heavy atom. The van der Waals surface area contributed by atoms with Crippen LogP contribution in [0.4, 0.5) is 0 Å². The molecule has 0 unspecified atom stereocenters. The smallest absolute Gasteiger partial charge is 0.246 e. The van der Waals surface area contributed by atoms with Gasteiger partial charge in [-0.2, -0.15) is 9.40 Å². The fourth-order valence-electron chi connectivity index (χ4n) is 3.70. The van der Waals surface area contributed by atoms with Crippen LogP contribution in [0.25, 0.3) is 0 Å². The van der Waals surface area contributed by atoms with Crippen LogP contribution in [0.2, 0.25) is 0 Å². The molecule has 1 aromatic heterocycles. The third kappa shape index (κ3) is 3.69. The molecule has 0 spiro atoms. The highest BCUT2D eigenvalue weighted by molar-refractivity contribution is 7.89. The number of nitrogens with zero attached hydrogens (tertiary/aromatic N) is 3. The van der Waals surface area contributed by atoms with Crippen molar-refractivity contribution in [3.05, 3.63) is 11.9 Å². The van der Waals surface area contributed by atoms with Gasteiger partial charge in [0.1, 0.15) is 4.90 Å². The lowest BCUT2D eigenvalue weighted by atomic mass is 9.92. The third-order valence-corrected chi connectivity index (χ3v) is 6.93. The van der Waals surface area contributed by atoms with E-state index < -0.39 is 10.0 Å². The van der Waals surface area contributed by atoms with Gasteiger partial charge in [-0.25, -0.2) is 8.42 Å². The number of rotatable bonds is 5. The molecule has 1 saturated carbocycles. The first-order valence-corrected chi connectivity index (χ1v) is 10.5. The predicted molar refractivity (Wildman–Crippen MR) is 97.7 cm³/mol. The summed E-state index contributed by atoms with van der Waals surface area (Å²) in [5, 5.41) is 4.74. The normalized spacial score (nSPS) is 17.6. The van der Waals surface area contributed by atoms with Crippen molar-refractivity contribution in [2.75, 3.05) is 0 Å². The molecule has 0 N–H and O–H groups in total. The molecule has 0 radical (unpaired) electrons. The van der Waals surface area contributed by atoms with Gasteiger partial charge in [-0.15, -0.1) is 0 Å². The monoisotopic (exact) mass is 355 g/mol. The highest BCUT2D eigenvalue weighted by Crippen LogP contribution is 2.35. The van der Waals surface area contributed by atoms with E-state index in [4.69, 9.17) is 5.10 Å². The standard InChI is InChI=1S/C18H33N3O2S/c1-13(2)21(14(3)4)24(22,23)16-12-20(15-10-8-9-11-15)19-17(16)18(5,6)7/h12-15H,8-11H2,1-7H3. The van der Waals surface area contributed by atoms with Crippen LogP contribution in [0.15, 0.2) is 11.1 Å². The second kappa shape index (κ2) is 6.79. The van der Waals surface area contributed by atoms with Crippen molar-refractivity contribution < 1.29 is 8.42 Å². The van der Waals surface area contributed by atoms with E-state index >= 15 is 0 Å². The molecule has 2 rings (SSSR count). The predicted octanol–water partition coefficient (Wildman–Crippen LogP) is 4.10. The zero-order valence-corrected chi connectivity index (χ0v) is 17.0. The minimum Gasteiger partial charge on any atom is -0.268 e. The van der Waals surface area contributed by atoms with E-state index in [0.717, 1.165) is 12.8 Å². The van der Waals surface area contributed by atoms with E-state index in [1.807, 2.05) is 53.1 Å². The lowest BCUT2D eigenvalue weighted by molar-refractivity contribution is 0.301. The first-order chi connectivity index (χ1) is 11.0. The van der Waals surface area contributed by atoms with Gasteiger partial charge < -0.3 is 0 Å². The van der Waals surface area contributed by atoms with Gasteiger partial charge in [-0.3, -0.25) is 4.68 Å². The van der Waals surface area contributed by atoms with E-state index in [0.29, 0.717) is 16.6 Å². The summed E-state index contributed by atoms with van der Waals surface area (Å²) in [6.07, 6.45) is 6.35. The van der Waals surface area contributed by atoms with Crippen LogP contribution in [-0.2, 0) is 15.4 Å². The SMILES string of the molecule is CC(C)N(C(C)C)S(=O)(=O)c1cn(C2CCCC2)nc1C(C)(C)C. The number of hydrogen-bond donors (Lipinski definition) is 0. The Labute approximate surface area is 147 Å². The molecule has 1 aliphatic carbocycles. The second-order valence-electron chi connectivity index (χ2n) is 8.53. The summed E-state index contributed by atoms with van der Waals surface area (Å²) < 4.78 is 30.3. The minimum atomic E-state index is -3.57. The van der Waals surface area contributed by atoms with Crippen molar-refractivity contribution in [1.29, 1.82) is 0 Å². The van der Waals surface area contributed by atoms with Crippen LogP contribution in [0, 0.1) is 0 Å². The van der Waals surface area contributed by atoms with Crippen molar-refractivity contribution in [3.63, 3.8) is 0 Å². The van der Waals surface area contributed by atoms with Crippen LogP contribution in [0.1, 0.15) is 85.9 Å². The second-order valence-corrected chi connectivity index (χ2v) is 10.3. The molecular formula is C18H33N3O2S. The van der Waals surface area contributed by atoms with Gasteiger partial charge in [0, 0.05) is 23.7 Å². The van der Waals surface area contributed by atoms with Crippen molar-refractivity contribution >= 4 is 10.0 Å². The fraction of sp³-hybridized carbons (Fsp3) is 0.833. The first kappa shape index (κ1) is 19.4. The topological polar surface area (TPSA) is 55.2 Å². The fourth-order valence-corrected chi connectivity index (χ4v) is 5.87. The summed E-state index contributed by atoms with van der Waals surface area (Å²) in [5.74, 6) is 0. The largest absolute Gasteiger partial charge is 0.268 e. The number of aromatic nitrogens is 2. The molecule has 0 aliphatic heterocycles. The lowest BCUT2D eigenvalue weighted by Gasteiger charge is -2.30. The van der Waals surface area contributed by atoms with Gasteiger partial charge in [0.2, 0.25) is 10.0 Å². The summed E-state index contributed by atoms with van der Waals surface area (Å²) in [6, 6.07) is 0.164. The quantitative estimate of drug-likeness (QED) is 0.799. The van der Waals surface area contributed by atoms with Crippen LogP contribution in [0.5, 0.6) is 0 Å². The molecule has 5 nitrogen and oxygen atoms in total. The molecule has 6 heteroatoms. The first-order valence-electron chi connectivity index (χ1n) is 9.09. The van der Waals surface area contributed by atoms with Crippen LogP contribution in [-0.4, -0.2) is 34.6 Å². The van der Waals surface area contributed by atoms with Crippen molar-refractivity contribution in [2.24, 2.45) is 0 Å². The van der Waals surface area contributed by atoms with Gasteiger partial charge in [-0.1, -0.05) is 33.6 Å². The molecule has 0 saturated heterocycles. The maximum Gasteiger partial charge on any atom is 0.246 e. The molecule has 0 atom stereocenters. The molecule has 1 aromatic rings. The molecule has 0 aromatic carbocycles. The van der Waals surface area contributed by atoms with Crippen molar-refractivity contribution in [2.45, 2.75) is 103 Å². The lowest BCUT2D eigenvalue weighted by Crippen LogP contribution is -2.42. The van der Waals surface area contributed by atoms with E-state index in [9.17, 15) is 8.42 Å². The Bertz CT molecular complexity index is 655. The Morgan fingerprint density at radius 1 is 1.12 bits per heavy atom. The maximum absolute atomic E-state index is 13.4. The highest BCUT2D eigenvalue weighted by atomic mass is 32.2. The number of hydrogen-bond acceptors (Lipinski definition) is 3. The van der Waals surface area contributed by atoms with E-state index in [-0.39, 0.29) is 17.5 Å². The molecule has 1 heterocycles. The molecule has 0 amide bonds. The molecule has 24 heavy (non-hydrogen) atoms. The van der Waals surface area contributed by atoms with Gasteiger partial charge in [0.25, 0.3) is 0 Å². The zero-order valence-electron chi connectivity index (χ0n) is 16.2. The number of sulfonamides is 1. The molecule has 138 valence electrons. The molecule has 0 bridgehead atoms. The van der Waals surface area contributed by atoms with Crippen molar-refractivity contribution in [3.8, 4) is 0 Å². The highest BCUT2D eigenvalue weighted by Gasteiger charge is 2.37. The van der Waals surface area contributed by atoms with Crippen LogP contribution < -0.4 is 0 Å². The van der Waals surface area contributed by atoms with Gasteiger partial charge >= 0.3 is 0 Å². The Morgan fingerprint density at radius 3 is 2.04 bits per heavy atom.